The average Bonchev–Trinajstić information content (AvgIpc) is 3.06. The van der Waals surface area contributed by atoms with E-state index >= 15 is 0 Å². The molecule has 1 aliphatic carbocycles. The SMILES string of the molecule is O=C(CCn1ccn2nc3c(c2c1=O)CCCC3)NCc1ccccc1Cl. The number of nitrogens with zero attached hydrogens (tertiary/aromatic N) is 3. The highest BCUT2D eigenvalue weighted by Crippen LogP contribution is 2.22. The minimum atomic E-state index is -0.114. The number of carbonyl (C=O) groups excluding carboxylic acids is 1. The number of fused-ring (bicyclic) bond motifs is 3. The van der Waals surface area contributed by atoms with Crippen LogP contribution in [0.15, 0.2) is 41.5 Å². The normalized spacial score (nSPS) is 13.5. The maximum absolute atomic E-state index is 12.9. The lowest BCUT2D eigenvalue weighted by Gasteiger charge is -2.10. The summed E-state index contributed by atoms with van der Waals surface area (Å²) >= 11 is 6.10. The van der Waals surface area contributed by atoms with Crippen molar-refractivity contribution in [2.75, 3.05) is 0 Å². The molecule has 3 aromatic rings. The van der Waals surface area contributed by atoms with Gasteiger partial charge in [0, 0.05) is 42.5 Å². The van der Waals surface area contributed by atoms with E-state index in [2.05, 4.69) is 10.4 Å². The van der Waals surface area contributed by atoms with Crippen molar-refractivity contribution in [3.63, 3.8) is 0 Å². The van der Waals surface area contributed by atoms with Gasteiger partial charge in [-0.25, -0.2) is 4.52 Å². The topological polar surface area (TPSA) is 68.4 Å². The lowest BCUT2D eigenvalue weighted by atomic mass is 9.97. The monoisotopic (exact) mass is 384 g/mol. The number of hydrogen-bond acceptors (Lipinski definition) is 3. The molecule has 0 fully saturated rings. The van der Waals surface area contributed by atoms with Crippen LogP contribution in [-0.4, -0.2) is 20.1 Å². The highest BCUT2D eigenvalue weighted by molar-refractivity contribution is 6.31. The molecule has 1 N–H and O–H groups in total. The number of halogens is 1. The Hall–Kier alpha value is -2.60. The van der Waals surface area contributed by atoms with Gasteiger partial charge in [0.25, 0.3) is 5.56 Å². The molecule has 1 amide bonds. The smallest absolute Gasteiger partial charge is 0.276 e. The first-order chi connectivity index (χ1) is 13.1. The van der Waals surface area contributed by atoms with Crippen molar-refractivity contribution >= 4 is 23.0 Å². The number of benzene rings is 1. The van der Waals surface area contributed by atoms with Crippen LogP contribution in [-0.2, 0) is 30.7 Å². The van der Waals surface area contributed by atoms with E-state index in [1.54, 1.807) is 27.5 Å². The summed E-state index contributed by atoms with van der Waals surface area (Å²) in [6, 6.07) is 7.41. The molecule has 1 aromatic carbocycles. The van der Waals surface area contributed by atoms with Crippen molar-refractivity contribution in [2.45, 2.75) is 45.2 Å². The van der Waals surface area contributed by atoms with Crippen molar-refractivity contribution < 1.29 is 4.79 Å². The molecule has 7 heteroatoms. The molecule has 2 aromatic heterocycles. The zero-order chi connectivity index (χ0) is 18.8. The molecular formula is C20H21ClN4O2. The Morgan fingerprint density at radius 2 is 2.00 bits per heavy atom. The molecule has 2 heterocycles. The molecule has 0 unspecified atom stereocenters. The number of hydrogen-bond donors (Lipinski definition) is 1. The van der Waals surface area contributed by atoms with Crippen molar-refractivity contribution in [3.05, 3.63) is 68.9 Å². The van der Waals surface area contributed by atoms with Crippen LogP contribution in [0, 0.1) is 0 Å². The second kappa shape index (κ2) is 7.56. The van der Waals surface area contributed by atoms with Crippen LogP contribution < -0.4 is 10.9 Å². The van der Waals surface area contributed by atoms with Crippen molar-refractivity contribution in [2.24, 2.45) is 0 Å². The van der Waals surface area contributed by atoms with E-state index in [4.69, 9.17) is 11.6 Å². The van der Waals surface area contributed by atoms with E-state index in [0.29, 0.717) is 23.6 Å². The summed E-state index contributed by atoms with van der Waals surface area (Å²) in [5.41, 5.74) is 3.56. The molecule has 27 heavy (non-hydrogen) atoms. The lowest BCUT2D eigenvalue weighted by Crippen LogP contribution is -2.28. The summed E-state index contributed by atoms with van der Waals surface area (Å²) in [6.07, 6.45) is 7.78. The molecule has 0 radical (unpaired) electrons. The van der Waals surface area contributed by atoms with Crippen LogP contribution in [0.3, 0.4) is 0 Å². The second-order valence-electron chi connectivity index (χ2n) is 6.84. The van der Waals surface area contributed by atoms with Gasteiger partial charge in [0.2, 0.25) is 5.91 Å². The van der Waals surface area contributed by atoms with E-state index in [9.17, 15) is 9.59 Å². The summed E-state index contributed by atoms with van der Waals surface area (Å²) in [5.74, 6) is -0.114. The van der Waals surface area contributed by atoms with Crippen molar-refractivity contribution in [1.29, 1.82) is 0 Å². The van der Waals surface area contributed by atoms with Crippen molar-refractivity contribution in [3.8, 4) is 0 Å². The highest BCUT2D eigenvalue weighted by atomic mass is 35.5. The first-order valence-corrected chi connectivity index (χ1v) is 9.61. The summed E-state index contributed by atoms with van der Waals surface area (Å²) in [6.45, 7) is 0.714. The Morgan fingerprint density at radius 1 is 1.19 bits per heavy atom. The van der Waals surface area contributed by atoms with Gasteiger partial charge >= 0.3 is 0 Å². The number of amides is 1. The Bertz CT molecular complexity index is 1050. The van der Waals surface area contributed by atoms with Gasteiger partial charge in [0.15, 0.2) is 0 Å². The molecule has 0 bridgehead atoms. The minimum absolute atomic E-state index is 0.0768. The second-order valence-corrected chi connectivity index (χ2v) is 7.25. The van der Waals surface area contributed by atoms with Gasteiger partial charge < -0.3 is 9.88 Å². The maximum atomic E-state index is 12.9. The van der Waals surface area contributed by atoms with Gasteiger partial charge in [-0.1, -0.05) is 29.8 Å². The third-order valence-corrected chi connectivity index (χ3v) is 5.42. The van der Waals surface area contributed by atoms with E-state index in [-0.39, 0.29) is 17.9 Å². The van der Waals surface area contributed by atoms with Crippen LogP contribution >= 0.6 is 11.6 Å². The molecule has 0 saturated heterocycles. The zero-order valence-corrected chi connectivity index (χ0v) is 15.7. The molecule has 0 atom stereocenters. The van der Waals surface area contributed by atoms with Gasteiger partial charge in [0.1, 0.15) is 5.52 Å². The Kier molecular flexibility index (Phi) is 4.99. The van der Waals surface area contributed by atoms with Crippen LogP contribution in [0.4, 0.5) is 0 Å². The van der Waals surface area contributed by atoms with Gasteiger partial charge in [-0.2, -0.15) is 5.10 Å². The zero-order valence-electron chi connectivity index (χ0n) is 14.9. The molecule has 140 valence electrons. The quantitative estimate of drug-likeness (QED) is 0.735. The highest BCUT2D eigenvalue weighted by Gasteiger charge is 2.19. The van der Waals surface area contributed by atoms with Crippen LogP contribution in [0.5, 0.6) is 0 Å². The van der Waals surface area contributed by atoms with Gasteiger partial charge in [-0.05, 0) is 37.3 Å². The summed E-state index contributed by atoms with van der Waals surface area (Å²) in [4.78, 5) is 25.0. The first kappa shape index (κ1) is 17.8. The summed E-state index contributed by atoms with van der Waals surface area (Å²) in [5, 5.41) is 8.02. The van der Waals surface area contributed by atoms with E-state index in [1.165, 1.54) is 0 Å². The van der Waals surface area contributed by atoms with Crippen LogP contribution in [0.25, 0.3) is 5.52 Å². The maximum Gasteiger partial charge on any atom is 0.276 e. The molecule has 0 aliphatic heterocycles. The predicted molar refractivity (Wildman–Crippen MR) is 104 cm³/mol. The third kappa shape index (κ3) is 3.62. The van der Waals surface area contributed by atoms with Crippen LogP contribution in [0.2, 0.25) is 5.02 Å². The lowest BCUT2D eigenvalue weighted by molar-refractivity contribution is -0.121. The number of aromatic nitrogens is 3. The average molecular weight is 385 g/mol. The fourth-order valence-electron chi connectivity index (χ4n) is 3.58. The number of nitrogens with one attached hydrogen (secondary N) is 1. The summed E-state index contributed by atoms with van der Waals surface area (Å²) < 4.78 is 3.28. The van der Waals surface area contributed by atoms with E-state index in [0.717, 1.165) is 42.5 Å². The number of carbonyl (C=O) groups is 1. The largest absolute Gasteiger partial charge is 0.352 e. The third-order valence-electron chi connectivity index (χ3n) is 5.05. The number of aryl methyl sites for hydroxylation is 3. The van der Waals surface area contributed by atoms with E-state index in [1.807, 2.05) is 18.2 Å². The molecular weight excluding hydrogens is 364 g/mol. The Morgan fingerprint density at radius 3 is 2.85 bits per heavy atom. The minimum Gasteiger partial charge on any atom is -0.352 e. The standard InChI is InChI=1S/C20H21ClN4O2/c21-16-7-3-1-5-14(16)13-22-18(26)9-10-24-11-12-25-19(20(24)27)15-6-2-4-8-17(15)23-25/h1,3,5,7,11-12H,2,4,6,8-10,13H2,(H,22,26). The molecule has 1 aliphatic rings. The molecule has 4 rings (SSSR count). The predicted octanol–water partition coefficient (Wildman–Crippen LogP) is 2.73. The Balaban J connectivity index is 1.44. The van der Waals surface area contributed by atoms with Gasteiger partial charge in [0.05, 0.1) is 5.69 Å². The van der Waals surface area contributed by atoms with Gasteiger partial charge in [-0.3, -0.25) is 9.59 Å². The fourth-order valence-corrected chi connectivity index (χ4v) is 3.78. The van der Waals surface area contributed by atoms with Crippen molar-refractivity contribution in [1.82, 2.24) is 19.5 Å². The molecule has 0 spiro atoms. The molecule has 0 saturated carbocycles. The van der Waals surface area contributed by atoms with Crippen LogP contribution in [0.1, 0.15) is 36.1 Å². The van der Waals surface area contributed by atoms with E-state index < -0.39 is 0 Å². The summed E-state index contributed by atoms with van der Waals surface area (Å²) in [7, 11) is 0. The first-order valence-electron chi connectivity index (χ1n) is 9.23. The van der Waals surface area contributed by atoms with Gasteiger partial charge in [-0.15, -0.1) is 0 Å². The Labute approximate surface area is 161 Å². The fraction of sp³-hybridized carbons (Fsp3) is 0.350. The number of rotatable bonds is 5. The molecule has 6 nitrogen and oxygen atoms in total.